The molecule has 9 heteroatoms. The van der Waals surface area contributed by atoms with Crippen LogP contribution in [-0.2, 0) is 15.7 Å². The van der Waals surface area contributed by atoms with Crippen LogP contribution in [0.25, 0.3) is 0 Å². The molecule has 0 spiro atoms. The lowest BCUT2D eigenvalue weighted by molar-refractivity contribution is -0.139. The number of nitrogens with zero attached hydrogens (tertiary/aromatic N) is 1. The molecule has 0 bridgehead atoms. The highest BCUT2D eigenvalue weighted by atomic mass is 19.4. The molecule has 0 radical (unpaired) electrons. The van der Waals surface area contributed by atoms with Crippen LogP contribution in [0.15, 0.2) is 12.1 Å². The topological polar surface area (TPSA) is 77.5 Å². The molecule has 1 N–H and O–H groups in total. The summed E-state index contributed by atoms with van der Waals surface area (Å²) in [5, 5.41) is 2.68. The zero-order valence-electron chi connectivity index (χ0n) is 17.6. The number of amides is 1. The number of carbonyl (C=O) groups excluding carboxylic acids is 2. The Labute approximate surface area is 174 Å². The highest BCUT2D eigenvalue weighted by molar-refractivity contribution is 5.98. The van der Waals surface area contributed by atoms with E-state index in [1.165, 1.54) is 0 Å². The minimum absolute atomic E-state index is 0.0622. The predicted molar refractivity (Wildman–Crippen MR) is 104 cm³/mol. The first-order valence-electron chi connectivity index (χ1n) is 10.3. The number of rotatable bonds is 9. The van der Waals surface area contributed by atoms with Crippen molar-refractivity contribution in [2.24, 2.45) is 5.92 Å². The summed E-state index contributed by atoms with van der Waals surface area (Å²) in [5.41, 5.74) is -2.33. The molecule has 2 rings (SSSR count). The van der Waals surface area contributed by atoms with Crippen molar-refractivity contribution >= 4 is 11.7 Å². The second kappa shape index (κ2) is 10.2. The molecule has 1 aromatic rings. The summed E-state index contributed by atoms with van der Waals surface area (Å²) in [6, 6.07) is 1.80. The molecular formula is C21H29F3N2O4. The summed E-state index contributed by atoms with van der Waals surface area (Å²) in [7, 11) is 0. The fraction of sp³-hybridized carbons (Fsp3) is 0.667. The molecule has 0 saturated carbocycles. The second-order valence-electron chi connectivity index (χ2n) is 7.43. The Bertz CT molecular complexity index is 742. The third-order valence-electron chi connectivity index (χ3n) is 5.61. The minimum atomic E-state index is -4.66. The first-order valence-corrected chi connectivity index (χ1v) is 10.3. The molecule has 1 amide bonds. The molecule has 30 heavy (non-hydrogen) atoms. The van der Waals surface area contributed by atoms with Gasteiger partial charge in [-0.3, -0.25) is 9.59 Å². The Morgan fingerprint density at radius 2 is 1.80 bits per heavy atom. The van der Waals surface area contributed by atoms with Gasteiger partial charge in [0.15, 0.2) is 5.78 Å². The van der Waals surface area contributed by atoms with Gasteiger partial charge in [-0.15, -0.1) is 0 Å². The molecular weight excluding hydrogens is 401 g/mol. The van der Waals surface area contributed by atoms with E-state index in [1.807, 2.05) is 0 Å². The second-order valence-corrected chi connectivity index (χ2v) is 7.43. The lowest BCUT2D eigenvalue weighted by Gasteiger charge is -2.31. The number of aromatic nitrogens is 1. The number of ketones is 1. The molecule has 1 saturated heterocycles. The largest absolute Gasteiger partial charge is 0.477 e. The highest BCUT2D eigenvalue weighted by Crippen LogP contribution is 2.35. The molecule has 1 aliphatic heterocycles. The van der Waals surface area contributed by atoms with E-state index >= 15 is 0 Å². The molecule has 1 fully saturated rings. The van der Waals surface area contributed by atoms with Crippen molar-refractivity contribution in [1.82, 2.24) is 10.3 Å². The number of Topliss-reactive ketones (excluding diaryl/α,β-unsaturated/α-hetero) is 1. The summed E-state index contributed by atoms with van der Waals surface area (Å²) >= 11 is 0. The van der Waals surface area contributed by atoms with Gasteiger partial charge in [0.25, 0.3) is 5.91 Å². The quantitative estimate of drug-likeness (QED) is 0.636. The third kappa shape index (κ3) is 5.71. The molecule has 168 valence electrons. The maximum absolute atomic E-state index is 13.4. The molecule has 0 aromatic carbocycles. The predicted octanol–water partition coefficient (Wildman–Crippen LogP) is 4.17. The average molecular weight is 430 g/mol. The number of hydrogen-bond donors (Lipinski definition) is 1. The van der Waals surface area contributed by atoms with E-state index in [9.17, 15) is 22.8 Å². The van der Waals surface area contributed by atoms with Gasteiger partial charge in [-0.25, -0.2) is 4.98 Å². The summed E-state index contributed by atoms with van der Waals surface area (Å²) in [4.78, 5) is 29.0. The normalized spacial score (nSPS) is 15.7. The Morgan fingerprint density at radius 3 is 2.33 bits per heavy atom. The van der Waals surface area contributed by atoms with Crippen molar-refractivity contribution in [3.8, 4) is 5.88 Å². The van der Waals surface area contributed by atoms with E-state index in [0.717, 1.165) is 12.1 Å². The standard InChI is InChI=1S/C21H29F3N2O4/c1-4-17(27)20(5-2,6-3)26-18(28)16-8-7-15(21(22,23)24)19(25-16)30-13-14-9-11-29-12-10-14/h7-8,14H,4-6,9-13H2,1-3H3,(H,26,28). The van der Waals surface area contributed by atoms with E-state index < -0.39 is 29.1 Å². The van der Waals surface area contributed by atoms with Crippen molar-refractivity contribution in [3.05, 3.63) is 23.4 Å². The van der Waals surface area contributed by atoms with Crippen LogP contribution in [0.1, 0.15) is 68.9 Å². The van der Waals surface area contributed by atoms with Crippen molar-refractivity contribution in [3.63, 3.8) is 0 Å². The Kier molecular flexibility index (Phi) is 8.23. The maximum Gasteiger partial charge on any atom is 0.421 e. The van der Waals surface area contributed by atoms with Crippen LogP contribution in [0.2, 0.25) is 0 Å². The summed E-state index contributed by atoms with van der Waals surface area (Å²) in [6.07, 6.45) is -2.30. The number of pyridine rings is 1. The number of ether oxygens (including phenoxy) is 2. The van der Waals surface area contributed by atoms with Crippen molar-refractivity contribution in [2.45, 2.75) is 64.6 Å². The van der Waals surface area contributed by atoms with Crippen LogP contribution in [0.3, 0.4) is 0 Å². The van der Waals surface area contributed by atoms with Crippen molar-refractivity contribution < 1.29 is 32.2 Å². The zero-order chi connectivity index (χ0) is 22.4. The van der Waals surface area contributed by atoms with Crippen LogP contribution >= 0.6 is 0 Å². The first-order chi connectivity index (χ1) is 14.2. The van der Waals surface area contributed by atoms with Gasteiger partial charge >= 0.3 is 6.18 Å². The first kappa shape index (κ1) is 24.1. The Balaban J connectivity index is 2.27. The van der Waals surface area contributed by atoms with Crippen LogP contribution in [0, 0.1) is 5.92 Å². The van der Waals surface area contributed by atoms with Crippen molar-refractivity contribution in [2.75, 3.05) is 19.8 Å². The van der Waals surface area contributed by atoms with Gasteiger partial charge in [-0.2, -0.15) is 13.2 Å². The van der Waals surface area contributed by atoms with E-state index in [4.69, 9.17) is 9.47 Å². The van der Waals surface area contributed by atoms with Crippen LogP contribution in [0.5, 0.6) is 5.88 Å². The monoisotopic (exact) mass is 430 g/mol. The molecule has 0 unspecified atom stereocenters. The fourth-order valence-electron chi connectivity index (χ4n) is 3.51. The van der Waals surface area contributed by atoms with E-state index in [2.05, 4.69) is 10.3 Å². The van der Waals surface area contributed by atoms with Crippen LogP contribution in [0.4, 0.5) is 13.2 Å². The van der Waals surface area contributed by atoms with Crippen LogP contribution in [-0.4, -0.2) is 42.0 Å². The smallest absolute Gasteiger partial charge is 0.421 e. The number of alkyl halides is 3. The molecule has 6 nitrogen and oxygen atoms in total. The average Bonchev–Trinajstić information content (AvgIpc) is 2.75. The fourth-order valence-corrected chi connectivity index (χ4v) is 3.51. The van der Waals surface area contributed by atoms with E-state index in [-0.39, 0.29) is 30.4 Å². The van der Waals surface area contributed by atoms with Gasteiger partial charge in [-0.05, 0) is 43.7 Å². The highest BCUT2D eigenvalue weighted by Gasteiger charge is 2.38. The number of halogens is 3. The van der Waals surface area contributed by atoms with Crippen LogP contribution < -0.4 is 10.1 Å². The summed E-state index contributed by atoms with van der Waals surface area (Å²) in [5.74, 6) is -1.40. The Morgan fingerprint density at radius 1 is 1.17 bits per heavy atom. The van der Waals surface area contributed by atoms with Gasteiger partial charge < -0.3 is 14.8 Å². The minimum Gasteiger partial charge on any atom is -0.477 e. The number of nitrogens with one attached hydrogen (secondary N) is 1. The lowest BCUT2D eigenvalue weighted by Crippen LogP contribution is -2.53. The Hall–Kier alpha value is -2.16. The van der Waals surface area contributed by atoms with Gasteiger partial charge in [0, 0.05) is 19.6 Å². The molecule has 1 aliphatic rings. The van der Waals surface area contributed by atoms with Gasteiger partial charge in [0.05, 0.1) is 12.1 Å². The van der Waals surface area contributed by atoms with Crippen molar-refractivity contribution in [1.29, 1.82) is 0 Å². The number of hydrogen-bond acceptors (Lipinski definition) is 5. The van der Waals surface area contributed by atoms with Gasteiger partial charge in [0.1, 0.15) is 11.3 Å². The summed E-state index contributed by atoms with van der Waals surface area (Å²) < 4.78 is 50.8. The van der Waals surface area contributed by atoms with E-state index in [0.29, 0.717) is 38.9 Å². The lowest BCUT2D eigenvalue weighted by atomic mass is 9.86. The van der Waals surface area contributed by atoms with E-state index in [1.54, 1.807) is 20.8 Å². The SMILES string of the molecule is CCC(=O)C(CC)(CC)NC(=O)c1ccc(C(F)(F)F)c(OCC2CCOCC2)n1. The molecule has 0 aliphatic carbocycles. The molecule has 0 atom stereocenters. The third-order valence-corrected chi connectivity index (χ3v) is 5.61. The molecule has 1 aromatic heterocycles. The molecule has 2 heterocycles. The number of carbonyl (C=O) groups is 2. The van der Waals surface area contributed by atoms with Gasteiger partial charge in [0.2, 0.25) is 5.88 Å². The van der Waals surface area contributed by atoms with Gasteiger partial charge in [-0.1, -0.05) is 20.8 Å². The summed E-state index contributed by atoms with van der Waals surface area (Å²) in [6.45, 7) is 6.40. The maximum atomic E-state index is 13.4. The zero-order valence-corrected chi connectivity index (χ0v) is 17.6.